The Morgan fingerprint density at radius 1 is 1.17 bits per heavy atom. The minimum absolute atomic E-state index is 0.128. The molecule has 8 nitrogen and oxygen atoms in total. The molecule has 0 unspecified atom stereocenters. The Kier molecular flexibility index (Phi) is 7.39. The number of hydrogen-bond donors (Lipinski definition) is 1. The summed E-state index contributed by atoms with van der Waals surface area (Å²) < 4.78 is 18.7. The number of anilines is 1. The second-order valence-electron chi connectivity index (χ2n) is 8.94. The smallest absolute Gasteiger partial charge is 0.219 e. The van der Waals surface area contributed by atoms with Crippen molar-refractivity contribution in [1.82, 2.24) is 14.9 Å². The van der Waals surface area contributed by atoms with Gasteiger partial charge in [-0.05, 0) is 36.4 Å². The van der Waals surface area contributed by atoms with Gasteiger partial charge in [0.05, 0.1) is 18.1 Å². The monoisotopic (exact) mass is 530 g/mol. The summed E-state index contributed by atoms with van der Waals surface area (Å²) in [7, 11) is 0. The fourth-order valence-corrected chi connectivity index (χ4v) is 5.16. The number of amides is 1. The number of ether oxygens (including phenoxy) is 3. The number of carbonyl (C=O) groups is 1. The lowest BCUT2D eigenvalue weighted by Crippen LogP contribution is -2.48. The van der Waals surface area contributed by atoms with Crippen molar-refractivity contribution in [2.45, 2.75) is 25.2 Å². The number of carbonyl (C=O) groups excluding carboxylic acids is 1. The maximum Gasteiger partial charge on any atom is 0.219 e. The van der Waals surface area contributed by atoms with Gasteiger partial charge < -0.3 is 29.0 Å². The molecule has 36 heavy (non-hydrogen) atoms. The zero-order valence-electron chi connectivity index (χ0n) is 20.0. The fraction of sp³-hybridized carbons (Fsp3) is 0.385. The Morgan fingerprint density at radius 2 is 1.94 bits per heavy atom. The van der Waals surface area contributed by atoms with Gasteiger partial charge >= 0.3 is 0 Å². The first-order valence-corrected chi connectivity index (χ1v) is 12.7. The molecule has 3 heterocycles. The number of imidazole rings is 1. The molecule has 3 aromatic rings. The van der Waals surface area contributed by atoms with Crippen LogP contribution in [-0.4, -0.2) is 66.3 Å². The van der Waals surface area contributed by atoms with Crippen LogP contribution in [0.2, 0.25) is 10.0 Å². The zero-order valence-corrected chi connectivity index (χ0v) is 21.5. The third kappa shape index (κ3) is 5.47. The maximum absolute atomic E-state index is 11.6. The molecule has 0 bridgehead atoms. The summed E-state index contributed by atoms with van der Waals surface area (Å²) in [5, 5.41) is 1.01. The first-order chi connectivity index (χ1) is 17.4. The van der Waals surface area contributed by atoms with Gasteiger partial charge in [0, 0.05) is 61.8 Å². The predicted octanol–water partition coefficient (Wildman–Crippen LogP) is 4.27. The summed E-state index contributed by atoms with van der Waals surface area (Å²) in [6.07, 6.45) is 3.51. The van der Waals surface area contributed by atoms with E-state index in [9.17, 15) is 4.79 Å². The number of nitrogens with zero attached hydrogens (tertiary/aromatic N) is 3. The second kappa shape index (κ2) is 10.7. The highest BCUT2D eigenvalue weighted by Gasteiger charge is 2.45. The van der Waals surface area contributed by atoms with E-state index in [0.717, 1.165) is 43.4 Å². The Labute approximate surface area is 220 Å². The summed E-state index contributed by atoms with van der Waals surface area (Å²) >= 11 is 12.6. The summed E-state index contributed by atoms with van der Waals surface area (Å²) in [4.78, 5) is 23.1. The molecular formula is C26H28Cl2N4O4. The van der Waals surface area contributed by atoms with Gasteiger partial charge in [0.2, 0.25) is 11.7 Å². The first-order valence-electron chi connectivity index (χ1n) is 11.9. The normalized spacial score (nSPS) is 22.1. The molecule has 2 atom stereocenters. The third-order valence-electron chi connectivity index (χ3n) is 6.52. The van der Waals surface area contributed by atoms with E-state index >= 15 is 0 Å². The van der Waals surface area contributed by atoms with Crippen molar-refractivity contribution in [3.63, 3.8) is 0 Å². The molecule has 0 saturated carbocycles. The van der Waals surface area contributed by atoms with Gasteiger partial charge in [-0.25, -0.2) is 4.98 Å². The molecule has 2 aliphatic rings. The molecule has 0 aliphatic carbocycles. The van der Waals surface area contributed by atoms with Crippen molar-refractivity contribution < 1.29 is 19.0 Å². The van der Waals surface area contributed by atoms with Gasteiger partial charge in [0.1, 0.15) is 24.3 Å². The second-order valence-corrected chi connectivity index (χ2v) is 9.78. The average Bonchev–Trinajstić information content (AvgIpc) is 3.54. The fourth-order valence-electron chi connectivity index (χ4n) is 4.61. The molecule has 10 heteroatoms. The summed E-state index contributed by atoms with van der Waals surface area (Å²) in [6, 6.07) is 13.3. The van der Waals surface area contributed by atoms with Crippen LogP contribution < -0.4 is 9.64 Å². The molecule has 0 radical (unpaired) electrons. The molecule has 0 spiro atoms. The van der Waals surface area contributed by atoms with E-state index in [-0.39, 0.29) is 12.0 Å². The first kappa shape index (κ1) is 24.9. The summed E-state index contributed by atoms with van der Waals surface area (Å²) in [5.41, 5.74) is 1.81. The topological polar surface area (TPSA) is 79.9 Å². The van der Waals surface area contributed by atoms with Crippen molar-refractivity contribution >= 4 is 34.8 Å². The van der Waals surface area contributed by atoms with Crippen LogP contribution in [0.25, 0.3) is 0 Å². The van der Waals surface area contributed by atoms with E-state index in [1.807, 2.05) is 35.2 Å². The van der Waals surface area contributed by atoms with Gasteiger partial charge in [0.15, 0.2) is 0 Å². The largest absolute Gasteiger partial charge is 0.491 e. The van der Waals surface area contributed by atoms with Crippen LogP contribution in [0.3, 0.4) is 0 Å². The number of H-pyrrole nitrogens is 1. The lowest BCUT2D eigenvalue weighted by Gasteiger charge is -2.35. The van der Waals surface area contributed by atoms with E-state index in [4.69, 9.17) is 37.4 Å². The minimum Gasteiger partial charge on any atom is -0.491 e. The molecule has 2 aliphatic heterocycles. The molecular weight excluding hydrogens is 503 g/mol. The number of rotatable bonds is 7. The van der Waals surface area contributed by atoms with Gasteiger partial charge in [-0.15, -0.1) is 0 Å². The highest BCUT2D eigenvalue weighted by atomic mass is 35.5. The van der Waals surface area contributed by atoms with Crippen LogP contribution >= 0.6 is 23.2 Å². The van der Waals surface area contributed by atoms with Gasteiger partial charge in [-0.2, -0.15) is 0 Å². The number of aromatic nitrogens is 2. The number of benzene rings is 2. The van der Waals surface area contributed by atoms with Crippen LogP contribution in [0.4, 0.5) is 5.69 Å². The molecule has 2 fully saturated rings. The molecule has 1 aromatic heterocycles. The van der Waals surface area contributed by atoms with Crippen LogP contribution in [0, 0.1) is 0 Å². The van der Waals surface area contributed by atoms with Crippen LogP contribution in [-0.2, 0) is 26.5 Å². The van der Waals surface area contributed by atoms with Crippen LogP contribution in [0.5, 0.6) is 5.75 Å². The maximum atomic E-state index is 11.6. The van der Waals surface area contributed by atoms with Crippen molar-refractivity contribution in [3.05, 3.63) is 76.3 Å². The van der Waals surface area contributed by atoms with Crippen molar-refractivity contribution in [2.24, 2.45) is 0 Å². The quantitative estimate of drug-likeness (QED) is 0.491. The number of nitrogens with one attached hydrogen (secondary N) is 1. The number of piperazine rings is 1. The Balaban J connectivity index is 1.22. The average molecular weight is 531 g/mol. The Hall–Kier alpha value is -2.78. The molecule has 1 amide bonds. The molecule has 2 aromatic carbocycles. The lowest BCUT2D eigenvalue weighted by atomic mass is 10.0. The van der Waals surface area contributed by atoms with E-state index in [1.165, 1.54) is 0 Å². The highest BCUT2D eigenvalue weighted by molar-refractivity contribution is 6.35. The minimum atomic E-state index is -1.10. The van der Waals surface area contributed by atoms with Gasteiger partial charge in [-0.3, -0.25) is 4.79 Å². The zero-order chi connectivity index (χ0) is 25.1. The van der Waals surface area contributed by atoms with E-state index in [1.54, 1.807) is 31.5 Å². The number of aromatic amines is 1. The van der Waals surface area contributed by atoms with Crippen molar-refractivity contribution in [2.75, 3.05) is 44.3 Å². The summed E-state index contributed by atoms with van der Waals surface area (Å²) in [5.74, 6) is 0.502. The highest BCUT2D eigenvalue weighted by Crippen LogP contribution is 2.41. The van der Waals surface area contributed by atoms with Crippen molar-refractivity contribution in [3.8, 4) is 5.75 Å². The standard InChI is InChI=1S/C26H28Cl2N4O4/c1-18(33)31-10-12-32(13-11-31)20-3-5-21(6-4-20)34-16-22-17-35-26(36-22,15-25-29-8-9-30-25)23-7-2-19(27)14-24(23)28/h2-9,14,22H,10-13,15-17H2,1H3,(H,29,30)/t22-,26-/m1/s1. The van der Waals surface area contributed by atoms with E-state index in [2.05, 4.69) is 14.9 Å². The Morgan fingerprint density at radius 3 is 2.61 bits per heavy atom. The van der Waals surface area contributed by atoms with Gasteiger partial charge in [-0.1, -0.05) is 29.3 Å². The van der Waals surface area contributed by atoms with Gasteiger partial charge in [0.25, 0.3) is 0 Å². The van der Waals surface area contributed by atoms with Crippen molar-refractivity contribution in [1.29, 1.82) is 0 Å². The molecule has 5 rings (SSSR count). The number of halogens is 2. The summed E-state index contributed by atoms with van der Waals surface area (Å²) in [6.45, 7) is 5.40. The van der Waals surface area contributed by atoms with Crippen LogP contribution in [0.1, 0.15) is 18.3 Å². The molecule has 190 valence electrons. The lowest BCUT2D eigenvalue weighted by molar-refractivity contribution is -0.179. The molecule has 2 saturated heterocycles. The van der Waals surface area contributed by atoms with Crippen LogP contribution in [0.15, 0.2) is 54.9 Å². The molecule has 1 N–H and O–H groups in total. The van der Waals surface area contributed by atoms with E-state index < -0.39 is 5.79 Å². The SMILES string of the molecule is CC(=O)N1CCN(c2ccc(OC[C@@H]3CO[C@@](Cc4ncc[nH]4)(c4ccc(Cl)cc4Cl)O3)cc2)CC1. The Bertz CT molecular complexity index is 1180. The predicted molar refractivity (Wildman–Crippen MR) is 138 cm³/mol. The number of hydrogen-bond acceptors (Lipinski definition) is 6. The third-order valence-corrected chi connectivity index (χ3v) is 7.07. The van der Waals surface area contributed by atoms with E-state index in [0.29, 0.717) is 35.2 Å².